The Balaban J connectivity index is 1.28. The van der Waals surface area contributed by atoms with E-state index >= 15 is 0 Å². The van der Waals surface area contributed by atoms with Crippen LogP contribution in [0.4, 0.5) is 0 Å². The lowest BCUT2D eigenvalue weighted by atomic mass is 9.68. The van der Waals surface area contributed by atoms with Crippen LogP contribution in [-0.4, -0.2) is 57.2 Å². The van der Waals surface area contributed by atoms with E-state index < -0.39 is 0 Å². The number of rotatable bonds is 2. The average molecular weight is 419 g/mol. The van der Waals surface area contributed by atoms with Crippen molar-refractivity contribution in [3.05, 3.63) is 52.5 Å². The van der Waals surface area contributed by atoms with Crippen molar-refractivity contribution in [1.29, 1.82) is 0 Å². The van der Waals surface area contributed by atoms with Crippen LogP contribution in [0.1, 0.15) is 38.5 Å². The van der Waals surface area contributed by atoms with Crippen LogP contribution in [-0.2, 0) is 11.3 Å². The van der Waals surface area contributed by atoms with Gasteiger partial charge in [0.15, 0.2) is 0 Å². The summed E-state index contributed by atoms with van der Waals surface area (Å²) in [5.74, 6) is 1.20. The molecule has 6 heteroatoms. The highest BCUT2D eigenvalue weighted by Gasteiger charge is 2.46. The Morgan fingerprint density at radius 2 is 2.03 bits per heavy atom. The minimum Gasteiger partial charge on any atom is -0.334 e. The first kappa shape index (κ1) is 19.2. The van der Waals surface area contributed by atoms with Crippen molar-refractivity contribution in [2.24, 2.45) is 11.8 Å². The summed E-state index contributed by atoms with van der Waals surface area (Å²) in [4.78, 5) is 31.1. The van der Waals surface area contributed by atoms with Gasteiger partial charge in [-0.15, -0.1) is 0 Å². The molecule has 0 unspecified atom stereocenters. The molecule has 2 bridgehead atoms. The van der Waals surface area contributed by atoms with E-state index in [0.717, 1.165) is 31.3 Å². The molecule has 0 saturated carbocycles. The van der Waals surface area contributed by atoms with Gasteiger partial charge >= 0.3 is 0 Å². The van der Waals surface area contributed by atoms with E-state index in [9.17, 15) is 9.59 Å². The summed E-state index contributed by atoms with van der Waals surface area (Å²) in [7, 11) is 0. The minimum atomic E-state index is -0.184. The van der Waals surface area contributed by atoms with Crippen molar-refractivity contribution >= 4 is 16.7 Å². The van der Waals surface area contributed by atoms with Gasteiger partial charge in [-0.25, -0.2) is 4.68 Å². The van der Waals surface area contributed by atoms with Crippen molar-refractivity contribution in [2.75, 3.05) is 19.6 Å². The molecule has 162 valence electrons. The Labute approximate surface area is 182 Å². The van der Waals surface area contributed by atoms with Crippen LogP contribution in [0.3, 0.4) is 0 Å². The van der Waals surface area contributed by atoms with Crippen molar-refractivity contribution in [3.63, 3.8) is 0 Å². The highest BCUT2D eigenvalue weighted by molar-refractivity contribution is 5.81. The lowest BCUT2D eigenvalue weighted by molar-refractivity contribution is -0.137. The Morgan fingerprint density at radius 1 is 1.13 bits per heavy atom. The van der Waals surface area contributed by atoms with Gasteiger partial charge in [-0.2, -0.15) is 5.10 Å². The number of likely N-dealkylation sites (tertiary alicyclic amines) is 1. The predicted molar refractivity (Wildman–Crippen MR) is 120 cm³/mol. The molecule has 1 amide bonds. The molecule has 1 aromatic heterocycles. The molecule has 1 aromatic carbocycles. The third-order valence-corrected chi connectivity index (χ3v) is 8.02. The largest absolute Gasteiger partial charge is 0.334 e. The fourth-order valence-electron chi connectivity index (χ4n) is 6.71. The molecule has 4 aliphatic rings. The normalized spacial score (nSPS) is 30.5. The Morgan fingerprint density at radius 3 is 2.97 bits per heavy atom. The molecule has 3 fully saturated rings. The molecular formula is C25H30N4O2. The molecule has 3 saturated heterocycles. The van der Waals surface area contributed by atoms with E-state index in [0.29, 0.717) is 23.3 Å². The molecule has 4 atom stereocenters. The highest BCUT2D eigenvalue weighted by Crippen LogP contribution is 2.45. The summed E-state index contributed by atoms with van der Waals surface area (Å²) < 4.78 is 1.34. The molecule has 6 nitrogen and oxygen atoms in total. The molecule has 0 N–H and O–H groups in total. The molecule has 0 spiro atoms. The lowest BCUT2D eigenvalue weighted by Gasteiger charge is -2.54. The second kappa shape index (κ2) is 7.59. The van der Waals surface area contributed by atoms with Gasteiger partial charge in [0.1, 0.15) is 6.54 Å². The van der Waals surface area contributed by atoms with E-state index in [1.54, 1.807) is 12.3 Å². The number of piperidine rings is 3. The minimum absolute atomic E-state index is 0.0237. The zero-order chi connectivity index (χ0) is 20.9. The Bertz CT molecular complexity index is 1110. The van der Waals surface area contributed by atoms with Crippen LogP contribution in [0, 0.1) is 11.8 Å². The summed E-state index contributed by atoms with van der Waals surface area (Å²) in [6.07, 6.45) is 11.5. The number of hydrogen-bond acceptors (Lipinski definition) is 4. The zero-order valence-electron chi connectivity index (χ0n) is 17.9. The highest BCUT2D eigenvalue weighted by atomic mass is 16.2. The number of hydrogen-bond donors (Lipinski definition) is 0. The van der Waals surface area contributed by atoms with Crippen LogP contribution in [0.5, 0.6) is 0 Å². The van der Waals surface area contributed by atoms with Gasteiger partial charge in [-0.3, -0.25) is 14.5 Å². The number of fused-ring (bicyclic) bond motifs is 7. The molecule has 4 heterocycles. The van der Waals surface area contributed by atoms with E-state index in [-0.39, 0.29) is 24.1 Å². The van der Waals surface area contributed by atoms with Crippen molar-refractivity contribution in [2.45, 2.75) is 57.2 Å². The molecule has 1 aliphatic carbocycles. The zero-order valence-corrected chi connectivity index (χ0v) is 17.9. The topological polar surface area (TPSA) is 58.4 Å². The van der Waals surface area contributed by atoms with Gasteiger partial charge in [0.25, 0.3) is 5.56 Å². The number of nitrogens with zero attached hydrogens (tertiary/aromatic N) is 4. The van der Waals surface area contributed by atoms with Gasteiger partial charge in [0, 0.05) is 24.5 Å². The summed E-state index contributed by atoms with van der Waals surface area (Å²) in [5, 5.41) is 5.73. The number of aromatic nitrogens is 2. The number of amides is 1. The number of carbonyl (C=O) groups excluding carboxylic acids is 1. The van der Waals surface area contributed by atoms with Gasteiger partial charge in [-0.1, -0.05) is 36.3 Å². The van der Waals surface area contributed by atoms with Gasteiger partial charge in [0.2, 0.25) is 5.91 Å². The van der Waals surface area contributed by atoms with Crippen LogP contribution in [0.2, 0.25) is 0 Å². The Kier molecular flexibility index (Phi) is 4.71. The van der Waals surface area contributed by atoms with Crippen molar-refractivity contribution in [3.8, 4) is 0 Å². The maximum atomic E-state index is 13.4. The molecule has 31 heavy (non-hydrogen) atoms. The fourth-order valence-corrected chi connectivity index (χ4v) is 6.71. The Hall–Kier alpha value is -2.47. The summed E-state index contributed by atoms with van der Waals surface area (Å²) >= 11 is 0. The van der Waals surface area contributed by atoms with Crippen LogP contribution in [0.15, 0.2) is 46.9 Å². The molecule has 0 radical (unpaired) electrons. The molecule has 6 rings (SSSR count). The first-order chi connectivity index (χ1) is 15.2. The van der Waals surface area contributed by atoms with Crippen LogP contribution >= 0.6 is 0 Å². The third kappa shape index (κ3) is 3.23. The number of carbonyl (C=O) groups is 1. The monoisotopic (exact) mass is 418 g/mol. The first-order valence-electron chi connectivity index (χ1n) is 11.9. The molecule has 2 aromatic rings. The average Bonchev–Trinajstić information content (AvgIpc) is 2.81. The van der Waals surface area contributed by atoms with Gasteiger partial charge in [-0.05, 0) is 56.6 Å². The molecule has 3 aliphatic heterocycles. The summed E-state index contributed by atoms with van der Waals surface area (Å²) in [6.45, 7) is 3.13. The smallest absolute Gasteiger partial charge is 0.275 e. The lowest BCUT2D eigenvalue weighted by Crippen LogP contribution is -2.60. The predicted octanol–water partition coefficient (Wildman–Crippen LogP) is 2.82. The SMILES string of the molecule is O=C(Cn1ncc2ccccc2c1=O)N1CCCC2=C[C@H]3C[C@@H](CN4CCCC[C@H]34)[C@@H]21. The third-order valence-electron chi connectivity index (χ3n) is 8.02. The fraction of sp³-hybridized carbons (Fsp3) is 0.560. The van der Waals surface area contributed by atoms with Gasteiger partial charge < -0.3 is 4.90 Å². The first-order valence-corrected chi connectivity index (χ1v) is 11.9. The van der Waals surface area contributed by atoms with Crippen molar-refractivity contribution < 1.29 is 4.79 Å². The summed E-state index contributed by atoms with van der Waals surface area (Å²) in [5.41, 5.74) is 1.29. The van der Waals surface area contributed by atoms with Crippen LogP contribution < -0.4 is 5.56 Å². The molecular weight excluding hydrogens is 388 g/mol. The van der Waals surface area contributed by atoms with E-state index in [1.807, 2.05) is 18.2 Å². The maximum Gasteiger partial charge on any atom is 0.275 e. The quantitative estimate of drug-likeness (QED) is 0.704. The van der Waals surface area contributed by atoms with E-state index in [2.05, 4.69) is 21.0 Å². The summed E-state index contributed by atoms with van der Waals surface area (Å²) in [6, 6.07) is 8.36. The van der Waals surface area contributed by atoms with Crippen molar-refractivity contribution in [1.82, 2.24) is 19.6 Å². The second-order valence-electron chi connectivity index (χ2n) is 9.79. The van der Waals surface area contributed by atoms with Gasteiger partial charge in [0.05, 0.1) is 17.6 Å². The number of benzene rings is 1. The van der Waals surface area contributed by atoms with Crippen LogP contribution in [0.25, 0.3) is 10.8 Å². The second-order valence-corrected chi connectivity index (χ2v) is 9.79. The van der Waals surface area contributed by atoms with E-state index in [4.69, 9.17) is 0 Å². The standard InChI is InChI=1S/C25H30N4O2/c30-23(16-29-25(31)21-8-2-1-6-18(21)14-26-29)28-11-5-7-17-12-19-13-20(24(17)28)15-27-10-4-3-9-22(19)27/h1-2,6,8,12,14,19-20,22,24H,3-5,7,9-11,13,15-16H2/t19-,20-,22+,24+/m0/s1. The van der Waals surface area contributed by atoms with E-state index in [1.165, 1.54) is 42.5 Å². The maximum absolute atomic E-state index is 13.4.